The van der Waals surface area contributed by atoms with Crippen LogP contribution >= 0.6 is 36.4 Å². The van der Waals surface area contributed by atoms with Crippen LogP contribution in [-0.2, 0) is 11.2 Å². The van der Waals surface area contributed by atoms with Crippen molar-refractivity contribution in [1.29, 1.82) is 0 Å². The third-order valence-electron chi connectivity index (χ3n) is 4.22. The van der Waals surface area contributed by atoms with Crippen LogP contribution in [0, 0.1) is 0 Å². The lowest BCUT2D eigenvalue weighted by Gasteiger charge is -2.23. The van der Waals surface area contributed by atoms with E-state index in [1.807, 2.05) is 29.2 Å². The van der Waals surface area contributed by atoms with Crippen molar-refractivity contribution in [3.63, 3.8) is 0 Å². The Kier molecular flexibility index (Phi) is 8.73. The van der Waals surface area contributed by atoms with E-state index in [9.17, 15) is 4.79 Å². The summed E-state index contributed by atoms with van der Waals surface area (Å²) >= 11 is 6.15. The lowest BCUT2D eigenvalue weighted by atomic mass is 10.2. The maximum atomic E-state index is 12.3. The van der Waals surface area contributed by atoms with Gasteiger partial charge >= 0.3 is 0 Å². The molecule has 2 N–H and O–H groups in total. The summed E-state index contributed by atoms with van der Waals surface area (Å²) in [6, 6.07) is 7.64. The number of nitrogens with two attached hydrogens (primary N) is 1. The molecule has 2 aromatic rings. The summed E-state index contributed by atoms with van der Waals surface area (Å²) in [4.78, 5) is 18.4. The number of hydrogen-bond donors (Lipinski definition) is 1. The second kappa shape index (κ2) is 10.0. The maximum absolute atomic E-state index is 12.3. The molecule has 2 heterocycles. The van der Waals surface area contributed by atoms with Gasteiger partial charge < -0.3 is 15.1 Å². The fourth-order valence-electron chi connectivity index (χ4n) is 2.98. The van der Waals surface area contributed by atoms with Gasteiger partial charge in [0.1, 0.15) is 0 Å². The fourth-order valence-corrected chi connectivity index (χ4v) is 3.21. The van der Waals surface area contributed by atoms with E-state index in [4.69, 9.17) is 21.8 Å². The van der Waals surface area contributed by atoms with E-state index in [0.29, 0.717) is 36.1 Å². The van der Waals surface area contributed by atoms with Crippen LogP contribution in [0.5, 0.6) is 0 Å². The van der Waals surface area contributed by atoms with Gasteiger partial charge in [-0.3, -0.25) is 4.79 Å². The molecule has 1 amide bonds. The first-order chi connectivity index (χ1) is 11.2. The van der Waals surface area contributed by atoms with E-state index in [0.717, 1.165) is 24.9 Å². The second-order valence-corrected chi connectivity index (χ2v) is 6.12. The van der Waals surface area contributed by atoms with Gasteiger partial charge in [-0.25, -0.2) is 4.98 Å². The molecule has 1 aliphatic rings. The van der Waals surface area contributed by atoms with Gasteiger partial charge in [-0.15, -0.1) is 24.8 Å². The van der Waals surface area contributed by atoms with Crippen LogP contribution in [0.25, 0.3) is 11.3 Å². The zero-order chi connectivity index (χ0) is 16.2. The van der Waals surface area contributed by atoms with Crippen molar-refractivity contribution in [3.05, 3.63) is 41.4 Å². The summed E-state index contributed by atoms with van der Waals surface area (Å²) in [6.07, 6.45) is 4.55. The molecule has 1 fully saturated rings. The summed E-state index contributed by atoms with van der Waals surface area (Å²) in [5.41, 5.74) is 6.52. The zero-order valence-electron chi connectivity index (χ0n) is 13.7. The van der Waals surface area contributed by atoms with E-state index >= 15 is 0 Å². The molecule has 3 rings (SSSR count). The SMILES string of the molecule is Cl.Cl.NCC1CCCN1C(=O)CCc1ncc(-c2ccccc2Cl)o1. The number of hydrogen-bond acceptors (Lipinski definition) is 4. The van der Waals surface area contributed by atoms with Crippen LogP contribution < -0.4 is 5.73 Å². The van der Waals surface area contributed by atoms with E-state index < -0.39 is 0 Å². The molecule has 1 aliphatic heterocycles. The molecule has 0 spiro atoms. The molecule has 0 saturated carbocycles. The first kappa shape index (κ1) is 21.8. The van der Waals surface area contributed by atoms with Crippen LogP contribution in [0.3, 0.4) is 0 Å². The van der Waals surface area contributed by atoms with E-state index in [2.05, 4.69) is 4.98 Å². The van der Waals surface area contributed by atoms with Gasteiger partial charge in [0.25, 0.3) is 0 Å². The molecule has 0 aliphatic carbocycles. The van der Waals surface area contributed by atoms with Crippen LogP contribution in [-0.4, -0.2) is 34.9 Å². The number of nitrogens with zero attached hydrogens (tertiary/aromatic N) is 2. The lowest BCUT2D eigenvalue weighted by molar-refractivity contribution is -0.131. The number of likely N-dealkylation sites (tertiary alicyclic amines) is 1. The molecule has 5 nitrogen and oxygen atoms in total. The molecule has 1 unspecified atom stereocenters. The predicted octanol–water partition coefficient (Wildman–Crippen LogP) is 3.72. The third-order valence-corrected chi connectivity index (χ3v) is 4.54. The molecular weight excluding hydrogens is 385 g/mol. The number of benzene rings is 1. The summed E-state index contributed by atoms with van der Waals surface area (Å²) in [5.74, 6) is 1.30. The highest BCUT2D eigenvalue weighted by molar-refractivity contribution is 6.33. The largest absolute Gasteiger partial charge is 0.441 e. The minimum atomic E-state index is 0. The first-order valence-corrected chi connectivity index (χ1v) is 8.26. The van der Waals surface area contributed by atoms with Gasteiger partial charge in [0, 0.05) is 37.5 Å². The van der Waals surface area contributed by atoms with Gasteiger partial charge in [0.2, 0.25) is 5.91 Å². The normalized spacial score (nSPS) is 16.2. The Bertz CT molecular complexity index is 693. The summed E-state index contributed by atoms with van der Waals surface area (Å²) in [7, 11) is 0. The van der Waals surface area contributed by atoms with Crippen molar-refractivity contribution < 1.29 is 9.21 Å². The van der Waals surface area contributed by atoms with Crippen molar-refractivity contribution in [2.75, 3.05) is 13.1 Å². The van der Waals surface area contributed by atoms with Crippen molar-refractivity contribution >= 4 is 42.3 Å². The highest BCUT2D eigenvalue weighted by Crippen LogP contribution is 2.28. The highest BCUT2D eigenvalue weighted by Gasteiger charge is 2.27. The van der Waals surface area contributed by atoms with Crippen molar-refractivity contribution in [2.45, 2.75) is 31.7 Å². The number of aromatic nitrogens is 1. The van der Waals surface area contributed by atoms with Gasteiger partial charge in [0.05, 0.1) is 11.2 Å². The molecule has 0 radical (unpaired) electrons. The summed E-state index contributed by atoms with van der Waals surface area (Å²) in [6.45, 7) is 1.33. The minimum Gasteiger partial charge on any atom is -0.441 e. The average Bonchev–Trinajstić information content (AvgIpc) is 3.22. The Morgan fingerprint density at radius 1 is 1.36 bits per heavy atom. The standard InChI is InChI=1S/C17H20ClN3O2.2ClH/c18-14-6-2-1-5-13(14)15-11-20-16(23-15)7-8-17(22)21-9-3-4-12(21)10-19;;/h1-2,5-6,11-12H,3-4,7-10,19H2;2*1H. The van der Waals surface area contributed by atoms with E-state index in [1.54, 1.807) is 6.20 Å². The quantitative estimate of drug-likeness (QED) is 0.821. The molecule has 1 aromatic heterocycles. The fraction of sp³-hybridized carbons (Fsp3) is 0.412. The molecule has 0 bridgehead atoms. The Morgan fingerprint density at radius 3 is 2.84 bits per heavy atom. The number of rotatable bonds is 5. The van der Waals surface area contributed by atoms with Crippen LogP contribution in [0.4, 0.5) is 0 Å². The van der Waals surface area contributed by atoms with Gasteiger partial charge in [-0.1, -0.05) is 23.7 Å². The molecule has 1 aromatic carbocycles. The Balaban J connectivity index is 0.00000156. The van der Waals surface area contributed by atoms with Gasteiger partial charge in [0.15, 0.2) is 11.7 Å². The number of carbonyl (C=O) groups is 1. The van der Waals surface area contributed by atoms with E-state index in [1.165, 1.54) is 0 Å². The van der Waals surface area contributed by atoms with Gasteiger partial charge in [-0.2, -0.15) is 0 Å². The Labute approximate surface area is 164 Å². The molecular formula is C17H22Cl3N3O2. The van der Waals surface area contributed by atoms with Crippen LogP contribution in [0.15, 0.2) is 34.9 Å². The monoisotopic (exact) mass is 405 g/mol. The van der Waals surface area contributed by atoms with Crippen molar-refractivity contribution in [1.82, 2.24) is 9.88 Å². The number of aryl methyl sites for hydroxylation is 1. The van der Waals surface area contributed by atoms with Gasteiger partial charge in [-0.05, 0) is 25.0 Å². The maximum Gasteiger partial charge on any atom is 0.223 e. The van der Waals surface area contributed by atoms with E-state index in [-0.39, 0.29) is 36.8 Å². The highest BCUT2D eigenvalue weighted by atomic mass is 35.5. The van der Waals surface area contributed by atoms with Crippen LogP contribution in [0.1, 0.15) is 25.2 Å². The second-order valence-electron chi connectivity index (χ2n) is 5.72. The number of halogens is 3. The molecule has 1 saturated heterocycles. The smallest absolute Gasteiger partial charge is 0.223 e. The molecule has 8 heteroatoms. The molecule has 138 valence electrons. The Hall–Kier alpha value is -1.27. The topological polar surface area (TPSA) is 72.4 Å². The number of oxazole rings is 1. The van der Waals surface area contributed by atoms with Crippen molar-refractivity contribution in [2.24, 2.45) is 5.73 Å². The predicted molar refractivity (Wildman–Crippen MR) is 104 cm³/mol. The van der Waals surface area contributed by atoms with Crippen LogP contribution in [0.2, 0.25) is 5.02 Å². The zero-order valence-corrected chi connectivity index (χ0v) is 16.1. The third kappa shape index (κ3) is 5.11. The molecule has 25 heavy (non-hydrogen) atoms. The summed E-state index contributed by atoms with van der Waals surface area (Å²) < 4.78 is 5.73. The first-order valence-electron chi connectivity index (χ1n) is 7.88. The number of carbonyl (C=O) groups excluding carboxylic acids is 1. The lowest BCUT2D eigenvalue weighted by Crippen LogP contribution is -2.40. The number of amides is 1. The minimum absolute atomic E-state index is 0. The molecule has 1 atom stereocenters. The Morgan fingerprint density at radius 2 is 2.12 bits per heavy atom. The summed E-state index contributed by atoms with van der Waals surface area (Å²) in [5, 5.41) is 0.620. The van der Waals surface area contributed by atoms with Crippen molar-refractivity contribution in [3.8, 4) is 11.3 Å². The average molecular weight is 407 g/mol.